The Morgan fingerprint density at radius 1 is 0.943 bits per heavy atom. The minimum atomic E-state index is -0.975. The first kappa shape index (κ1) is 22.1. The number of fused-ring (bicyclic) bond motifs is 3. The molecule has 3 fully saturated rings. The lowest BCUT2D eigenvalue weighted by Gasteiger charge is -2.60. The van der Waals surface area contributed by atoms with Crippen molar-refractivity contribution >= 4 is 18.0 Å². The van der Waals surface area contributed by atoms with Crippen LogP contribution < -0.4 is 10.6 Å². The summed E-state index contributed by atoms with van der Waals surface area (Å²) in [7, 11) is 0. The molecular formula is C28H30N2O5. The second kappa shape index (κ2) is 8.11. The highest BCUT2D eigenvalue weighted by Crippen LogP contribution is 2.60. The number of carboxylic acids is 1. The molecule has 0 saturated heterocycles. The van der Waals surface area contributed by atoms with E-state index in [9.17, 15) is 14.4 Å². The highest BCUT2D eigenvalue weighted by molar-refractivity contribution is 5.92. The van der Waals surface area contributed by atoms with E-state index in [0.717, 1.165) is 30.4 Å². The third-order valence-corrected chi connectivity index (χ3v) is 8.71. The Balaban J connectivity index is 1.12. The van der Waals surface area contributed by atoms with Gasteiger partial charge in [0.25, 0.3) is 0 Å². The standard InChI is InChI=1S/C28H30N2O5/c31-24(32)17-12-18(13-17)29-25(33)28(15-27(16-28)10-5-11-27)30-26(34)35-14-23-21-8-3-1-6-19(21)20-7-2-4-9-22(20)23/h1-4,6-9,17-18,23H,5,10-16H2,(H,29,33)(H,30,34)(H,31,32). The van der Waals surface area contributed by atoms with E-state index in [2.05, 4.69) is 34.9 Å². The molecule has 2 aromatic rings. The topological polar surface area (TPSA) is 105 Å². The Hall–Kier alpha value is -3.35. The average molecular weight is 475 g/mol. The number of carboxylic acid groups (broad SMARTS) is 1. The first-order chi connectivity index (χ1) is 16.9. The number of hydrogen-bond acceptors (Lipinski definition) is 4. The zero-order chi connectivity index (χ0) is 24.2. The van der Waals surface area contributed by atoms with Gasteiger partial charge in [-0.25, -0.2) is 4.79 Å². The number of carbonyl (C=O) groups excluding carboxylic acids is 2. The zero-order valence-electron chi connectivity index (χ0n) is 19.6. The summed E-state index contributed by atoms with van der Waals surface area (Å²) in [5.74, 6) is -1.47. The van der Waals surface area contributed by atoms with Gasteiger partial charge in [-0.1, -0.05) is 55.0 Å². The van der Waals surface area contributed by atoms with E-state index in [1.165, 1.54) is 11.1 Å². The maximum Gasteiger partial charge on any atom is 0.408 e. The molecule has 0 aromatic heterocycles. The lowest BCUT2D eigenvalue weighted by atomic mass is 9.48. The number of hydrogen-bond donors (Lipinski definition) is 3. The molecule has 7 nitrogen and oxygen atoms in total. The molecule has 2 aromatic carbocycles. The van der Waals surface area contributed by atoms with Gasteiger partial charge in [-0.2, -0.15) is 0 Å². The van der Waals surface area contributed by atoms with Crippen LogP contribution in [0, 0.1) is 11.3 Å². The van der Waals surface area contributed by atoms with Gasteiger partial charge in [0.2, 0.25) is 5.91 Å². The second-order valence-electron chi connectivity index (χ2n) is 10.9. The van der Waals surface area contributed by atoms with E-state index in [-0.39, 0.29) is 29.9 Å². The van der Waals surface area contributed by atoms with E-state index < -0.39 is 23.5 Å². The summed E-state index contributed by atoms with van der Waals surface area (Å²) in [6.45, 7) is 0.200. The van der Waals surface area contributed by atoms with Crippen molar-refractivity contribution in [1.29, 1.82) is 0 Å². The molecule has 0 bridgehead atoms. The Bertz CT molecular complexity index is 1140. The van der Waals surface area contributed by atoms with Gasteiger partial charge in [0, 0.05) is 12.0 Å². The largest absolute Gasteiger partial charge is 0.481 e. The van der Waals surface area contributed by atoms with Gasteiger partial charge in [0.15, 0.2) is 0 Å². The summed E-state index contributed by atoms with van der Waals surface area (Å²) in [5.41, 5.74) is 3.79. The van der Waals surface area contributed by atoms with E-state index in [0.29, 0.717) is 25.7 Å². The summed E-state index contributed by atoms with van der Waals surface area (Å²) >= 11 is 0. The number of rotatable bonds is 6. The monoisotopic (exact) mass is 474 g/mol. The van der Waals surface area contributed by atoms with Crippen molar-refractivity contribution in [3.8, 4) is 11.1 Å². The summed E-state index contributed by atoms with van der Waals surface area (Å²) in [4.78, 5) is 37.3. The van der Waals surface area contributed by atoms with Crippen LogP contribution in [0.3, 0.4) is 0 Å². The third-order valence-electron chi connectivity index (χ3n) is 8.71. The van der Waals surface area contributed by atoms with Crippen LogP contribution in [0.2, 0.25) is 0 Å². The molecule has 7 heteroatoms. The van der Waals surface area contributed by atoms with Crippen LogP contribution in [0.15, 0.2) is 48.5 Å². The van der Waals surface area contributed by atoms with Gasteiger partial charge in [-0.3, -0.25) is 9.59 Å². The van der Waals surface area contributed by atoms with Crippen LogP contribution >= 0.6 is 0 Å². The third kappa shape index (κ3) is 3.68. The van der Waals surface area contributed by atoms with Crippen molar-refractivity contribution < 1.29 is 24.2 Å². The molecule has 4 aliphatic carbocycles. The lowest BCUT2D eigenvalue weighted by molar-refractivity contribution is -0.150. The molecule has 3 saturated carbocycles. The molecule has 182 valence electrons. The number of amides is 2. The minimum absolute atomic E-state index is 0.0415. The number of nitrogens with one attached hydrogen (secondary N) is 2. The molecule has 0 radical (unpaired) electrons. The number of alkyl carbamates (subject to hydrolysis) is 1. The maximum absolute atomic E-state index is 13.2. The maximum atomic E-state index is 13.2. The number of aliphatic carboxylic acids is 1. The fourth-order valence-electron chi connectivity index (χ4n) is 6.66. The summed E-state index contributed by atoms with van der Waals surface area (Å²) in [5, 5.41) is 15.0. The van der Waals surface area contributed by atoms with Crippen molar-refractivity contribution in [3.05, 3.63) is 59.7 Å². The normalized spacial score (nSPS) is 24.7. The van der Waals surface area contributed by atoms with E-state index in [1.54, 1.807) is 0 Å². The molecule has 6 rings (SSSR count). The van der Waals surface area contributed by atoms with Crippen molar-refractivity contribution in [3.63, 3.8) is 0 Å². The average Bonchev–Trinajstić information content (AvgIpc) is 3.09. The Morgan fingerprint density at radius 2 is 1.54 bits per heavy atom. The molecule has 0 unspecified atom stereocenters. The Kier molecular flexibility index (Phi) is 5.13. The quantitative estimate of drug-likeness (QED) is 0.582. The van der Waals surface area contributed by atoms with Crippen LogP contribution in [0.25, 0.3) is 11.1 Å². The number of benzene rings is 2. The molecule has 2 amide bonds. The molecule has 0 aliphatic heterocycles. The first-order valence-electron chi connectivity index (χ1n) is 12.6. The van der Waals surface area contributed by atoms with Gasteiger partial charge in [0.1, 0.15) is 12.1 Å². The summed E-state index contributed by atoms with van der Waals surface area (Å²) in [6.07, 6.45) is 4.85. The first-order valence-corrected chi connectivity index (χ1v) is 12.6. The highest BCUT2D eigenvalue weighted by atomic mass is 16.5. The van der Waals surface area contributed by atoms with E-state index >= 15 is 0 Å². The molecule has 1 spiro atoms. The number of carbonyl (C=O) groups is 3. The smallest absolute Gasteiger partial charge is 0.408 e. The summed E-state index contributed by atoms with van der Waals surface area (Å²) in [6, 6.07) is 16.2. The van der Waals surface area contributed by atoms with Crippen molar-refractivity contribution in [1.82, 2.24) is 10.6 Å². The molecule has 4 aliphatic rings. The van der Waals surface area contributed by atoms with Gasteiger partial charge >= 0.3 is 12.1 Å². The van der Waals surface area contributed by atoms with Crippen molar-refractivity contribution in [2.45, 2.75) is 62.4 Å². The van der Waals surface area contributed by atoms with Gasteiger partial charge in [-0.05, 0) is 66.2 Å². The van der Waals surface area contributed by atoms with Crippen molar-refractivity contribution in [2.24, 2.45) is 11.3 Å². The molecular weight excluding hydrogens is 444 g/mol. The Labute approximate surface area is 204 Å². The second-order valence-corrected chi connectivity index (χ2v) is 10.9. The predicted molar refractivity (Wildman–Crippen MR) is 129 cm³/mol. The molecule has 0 heterocycles. The van der Waals surface area contributed by atoms with Crippen molar-refractivity contribution in [2.75, 3.05) is 6.61 Å². The van der Waals surface area contributed by atoms with Crippen LogP contribution in [-0.4, -0.2) is 41.3 Å². The van der Waals surface area contributed by atoms with Gasteiger partial charge in [-0.15, -0.1) is 0 Å². The fourth-order valence-corrected chi connectivity index (χ4v) is 6.66. The SMILES string of the molecule is O=C(NC1(C(=O)NC2CC(C(=O)O)C2)CC2(CCC2)C1)OCC1c2ccccc2-c2ccccc21. The molecule has 3 N–H and O–H groups in total. The lowest BCUT2D eigenvalue weighted by Crippen LogP contribution is -2.71. The zero-order valence-corrected chi connectivity index (χ0v) is 19.6. The van der Waals surface area contributed by atoms with Gasteiger partial charge < -0.3 is 20.5 Å². The highest BCUT2D eigenvalue weighted by Gasteiger charge is 2.62. The summed E-state index contributed by atoms with van der Waals surface area (Å²) < 4.78 is 5.73. The van der Waals surface area contributed by atoms with E-state index in [4.69, 9.17) is 9.84 Å². The van der Waals surface area contributed by atoms with Crippen LogP contribution in [0.4, 0.5) is 4.79 Å². The molecule has 35 heavy (non-hydrogen) atoms. The Morgan fingerprint density at radius 3 is 2.09 bits per heavy atom. The van der Waals surface area contributed by atoms with Crippen LogP contribution in [-0.2, 0) is 14.3 Å². The van der Waals surface area contributed by atoms with Gasteiger partial charge in [0.05, 0.1) is 5.92 Å². The number of ether oxygens (including phenoxy) is 1. The fraction of sp³-hybridized carbons (Fsp3) is 0.464. The van der Waals surface area contributed by atoms with Crippen LogP contribution in [0.5, 0.6) is 0 Å². The van der Waals surface area contributed by atoms with E-state index in [1.807, 2.05) is 24.3 Å². The molecule has 0 atom stereocenters. The minimum Gasteiger partial charge on any atom is -0.481 e. The predicted octanol–water partition coefficient (Wildman–Crippen LogP) is 4.21. The van der Waals surface area contributed by atoms with Crippen LogP contribution in [0.1, 0.15) is 62.0 Å².